The molecule has 1 aliphatic carbocycles. The molecule has 1 fully saturated rings. The molecule has 2 aromatic rings. The molecule has 2 unspecified atom stereocenters. The van der Waals surface area contributed by atoms with Crippen LogP contribution in [0.25, 0.3) is 10.8 Å². The van der Waals surface area contributed by atoms with Crippen LogP contribution >= 0.6 is 0 Å². The number of ether oxygens (including phenoxy) is 1. The van der Waals surface area contributed by atoms with Crippen molar-refractivity contribution < 1.29 is 9.53 Å². The van der Waals surface area contributed by atoms with Crippen molar-refractivity contribution in [3.63, 3.8) is 0 Å². The van der Waals surface area contributed by atoms with Crippen molar-refractivity contribution in [3.8, 4) is 0 Å². The molecule has 4 heteroatoms. The fourth-order valence-corrected chi connectivity index (χ4v) is 2.98. The molecule has 2 atom stereocenters. The molecule has 0 bridgehead atoms. The third-order valence-electron chi connectivity index (χ3n) is 4.00. The molecule has 1 heterocycles. The van der Waals surface area contributed by atoms with E-state index in [0.29, 0.717) is 17.9 Å². The number of carbonyl (C=O) groups is 1. The molecule has 0 spiro atoms. The van der Waals surface area contributed by atoms with Crippen molar-refractivity contribution in [1.29, 1.82) is 5.41 Å². The number of nitrogens with two attached hydrogens (primary N) is 1. The lowest BCUT2D eigenvalue weighted by molar-refractivity contribution is 0.112. The first-order chi connectivity index (χ1) is 9.22. The Morgan fingerprint density at radius 2 is 1.95 bits per heavy atom. The minimum atomic E-state index is -0.395. The van der Waals surface area contributed by atoms with E-state index < -0.39 is 6.04 Å². The van der Waals surface area contributed by atoms with Gasteiger partial charge in [0.2, 0.25) is 0 Å². The highest BCUT2D eigenvalue weighted by Crippen LogP contribution is 2.43. The summed E-state index contributed by atoms with van der Waals surface area (Å²) in [5, 5.41) is 9.96. The van der Waals surface area contributed by atoms with Gasteiger partial charge >= 0.3 is 0 Å². The molecule has 1 aliphatic heterocycles. The first-order valence-corrected chi connectivity index (χ1v) is 6.23. The first kappa shape index (κ1) is 10.8. The second-order valence-corrected chi connectivity index (χ2v) is 5.03. The molecule has 2 aromatic carbocycles. The summed E-state index contributed by atoms with van der Waals surface area (Å²) >= 11 is 0. The van der Waals surface area contributed by atoms with Crippen molar-refractivity contribution in [2.75, 3.05) is 6.61 Å². The van der Waals surface area contributed by atoms with Crippen LogP contribution < -0.4 is 5.73 Å². The van der Waals surface area contributed by atoms with Crippen LogP contribution in [0.4, 0.5) is 0 Å². The van der Waals surface area contributed by atoms with Crippen molar-refractivity contribution >= 4 is 22.8 Å². The highest BCUT2D eigenvalue weighted by molar-refractivity contribution is 6.21. The van der Waals surface area contributed by atoms with E-state index in [2.05, 4.69) is 0 Å². The summed E-state index contributed by atoms with van der Waals surface area (Å²) in [7, 11) is 0. The van der Waals surface area contributed by atoms with E-state index in [1.54, 1.807) is 6.07 Å². The average Bonchev–Trinajstić information content (AvgIpc) is 3.24. The predicted octanol–water partition coefficient (Wildman–Crippen LogP) is 2.10. The van der Waals surface area contributed by atoms with Gasteiger partial charge in [-0.05, 0) is 21.9 Å². The van der Waals surface area contributed by atoms with Gasteiger partial charge in [-0.25, -0.2) is 0 Å². The Labute approximate surface area is 109 Å². The number of rotatable bonds is 2. The summed E-state index contributed by atoms with van der Waals surface area (Å²) in [6.45, 7) is 0.695. The van der Waals surface area contributed by atoms with E-state index in [1.165, 1.54) is 0 Å². The normalized spacial score (nSPS) is 23.9. The number of epoxide rings is 1. The SMILES string of the molecule is N=C1c2ccc(C3CO3)c3c(C=O)ccc(c23)C1N. The van der Waals surface area contributed by atoms with Gasteiger partial charge in [-0.1, -0.05) is 24.3 Å². The number of benzene rings is 2. The molecule has 1 saturated heterocycles. The zero-order valence-corrected chi connectivity index (χ0v) is 10.1. The van der Waals surface area contributed by atoms with Crippen LogP contribution in [0, 0.1) is 5.41 Å². The lowest BCUT2D eigenvalue weighted by atomic mass is 9.94. The van der Waals surface area contributed by atoms with Crippen LogP contribution in [0.3, 0.4) is 0 Å². The Bertz CT molecular complexity index is 747. The van der Waals surface area contributed by atoms with Crippen LogP contribution in [-0.2, 0) is 4.74 Å². The van der Waals surface area contributed by atoms with Crippen LogP contribution in [0.5, 0.6) is 0 Å². The first-order valence-electron chi connectivity index (χ1n) is 6.23. The summed E-state index contributed by atoms with van der Waals surface area (Å²) in [4.78, 5) is 11.3. The fraction of sp³-hybridized carbons (Fsp3) is 0.200. The third kappa shape index (κ3) is 1.30. The maximum Gasteiger partial charge on any atom is 0.150 e. The quantitative estimate of drug-likeness (QED) is 0.634. The largest absolute Gasteiger partial charge is 0.368 e. The lowest BCUT2D eigenvalue weighted by Crippen LogP contribution is -2.15. The summed E-state index contributed by atoms with van der Waals surface area (Å²) in [5.74, 6) is 0. The number of nitrogens with one attached hydrogen (secondary N) is 1. The molecule has 19 heavy (non-hydrogen) atoms. The molecule has 0 amide bonds. The highest BCUT2D eigenvalue weighted by Gasteiger charge is 2.33. The van der Waals surface area contributed by atoms with Gasteiger partial charge in [0.15, 0.2) is 6.29 Å². The maximum absolute atomic E-state index is 11.3. The number of hydrogen-bond donors (Lipinski definition) is 2. The maximum atomic E-state index is 11.3. The number of aldehydes is 1. The van der Waals surface area contributed by atoms with Crippen LogP contribution in [0.2, 0.25) is 0 Å². The van der Waals surface area contributed by atoms with Gasteiger partial charge in [0.25, 0.3) is 0 Å². The van der Waals surface area contributed by atoms with Crippen molar-refractivity contribution in [2.24, 2.45) is 5.73 Å². The average molecular weight is 252 g/mol. The van der Waals surface area contributed by atoms with Gasteiger partial charge in [0, 0.05) is 11.1 Å². The minimum absolute atomic E-state index is 0.0778. The zero-order valence-electron chi connectivity index (χ0n) is 10.1. The Hall–Kier alpha value is -2.04. The van der Waals surface area contributed by atoms with Gasteiger partial charge in [0.1, 0.15) is 6.10 Å². The predicted molar refractivity (Wildman–Crippen MR) is 71.8 cm³/mol. The monoisotopic (exact) mass is 252 g/mol. The topological polar surface area (TPSA) is 79.5 Å². The Morgan fingerprint density at radius 3 is 2.63 bits per heavy atom. The van der Waals surface area contributed by atoms with Crippen molar-refractivity contribution in [1.82, 2.24) is 0 Å². The van der Waals surface area contributed by atoms with Crippen molar-refractivity contribution in [2.45, 2.75) is 12.1 Å². The fourth-order valence-electron chi connectivity index (χ4n) is 2.98. The molecule has 0 radical (unpaired) electrons. The van der Waals surface area contributed by atoms with E-state index >= 15 is 0 Å². The standard InChI is InChI=1S/C15H12N2O2/c16-14-9-2-1-7(5-18)12-8(11-6-19-11)3-4-10(13(9)12)15(14)17/h1-5,11,14,17H,6,16H2. The van der Waals surface area contributed by atoms with E-state index in [1.807, 2.05) is 18.2 Å². The van der Waals surface area contributed by atoms with Gasteiger partial charge in [0.05, 0.1) is 18.4 Å². The molecular weight excluding hydrogens is 240 g/mol. The van der Waals surface area contributed by atoms with Gasteiger partial charge in [-0.3, -0.25) is 4.79 Å². The molecule has 0 saturated carbocycles. The molecule has 4 nitrogen and oxygen atoms in total. The second-order valence-electron chi connectivity index (χ2n) is 5.03. The molecule has 94 valence electrons. The van der Waals surface area contributed by atoms with E-state index in [-0.39, 0.29) is 6.10 Å². The lowest BCUT2D eigenvalue weighted by Gasteiger charge is -2.09. The van der Waals surface area contributed by atoms with Crippen LogP contribution in [-0.4, -0.2) is 18.6 Å². The van der Waals surface area contributed by atoms with Crippen LogP contribution in [0.15, 0.2) is 24.3 Å². The summed E-state index contributed by atoms with van der Waals surface area (Å²) in [5.41, 5.74) is 9.95. The van der Waals surface area contributed by atoms with Gasteiger partial charge in [-0.2, -0.15) is 0 Å². The number of carbonyl (C=O) groups excluding carboxylic acids is 1. The molecular formula is C15H12N2O2. The molecule has 4 rings (SSSR count). The number of hydrogen-bond acceptors (Lipinski definition) is 4. The van der Waals surface area contributed by atoms with Crippen molar-refractivity contribution in [3.05, 3.63) is 46.5 Å². The Balaban J connectivity index is 2.19. The zero-order chi connectivity index (χ0) is 13.1. The molecule has 3 N–H and O–H groups in total. The van der Waals surface area contributed by atoms with E-state index in [4.69, 9.17) is 15.9 Å². The summed E-state index contributed by atoms with van der Waals surface area (Å²) in [6.07, 6.45) is 0.941. The minimum Gasteiger partial charge on any atom is -0.368 e. The summed E-state index contributed by atoms with van der Waals surface area (Å²) in [6, 6.07) is 7.14. The highest BCUT2D eigenvalue weighted by atomic mass is 16.6. The second kappa shape index (κ2) is 3.50. The molecule has 0 aromatic heterocycles. The van der Waals surface area contributed by atoms with E-state index in [0.717, 1.165) is 33.7 Å². The van der Waals surface area contributed by atoms with E-state index in [9.17, 15) is 4.79 Å². The van der Waals surface area contributed by atoms with Gasteiger partial charge in [-0.15, -0.1) is 0 Å². The van der Waals surface area contributed by atoms with Gasteiger partial charge < -0.3 is 15.9 Å². The smallest absolute Gasteiger partial charge is 0.150 e. The summed E-state index contributed by atoms with van der Waals surface area (Å²) < 4.78 is 5.36. The Kier molecular flexibility index (Phi) is 2.00. The molecule has 2 aliphatic rings. The Morgan fingerprint density at radius 1 is 1.21 bits per heavy atom. The van der Waals surface area contributed by atoms with Crippen LogP contribution in [0.1, 0.15) is 39.2 Å². The third-order valence-corrected chi connectivity index (χ3v) is 4.00.